The van der Waals surface area contributed by atoms with Gasteiger partial charge in [-0.2, -0.15) is 0 Å². The minimum absolute atomic E-state index is 0.0868. The number of fused-ring (bicyclic) bond motifs is 3. The Hall–Kier alpha value is -2.17. The molecule has 0 bridgehead atoms. The van der Waals surface area contributed by atoms with Crippen LogP contribution in [0.3, 0.4) is 0 Å². The van der Waals surface area contributed by atoms with Gasteiger partial charge in [0.1, 0.15) is 6.54 Å². The van der Waals surface area contributed by atoms with Crippen molar-refractivity contribution >= 4 is 17.7 Å². The van der Waals surface area contributed by atoms with Crippen LogP contribution in [0.25, 0.3) is 0 Å². The Labute approximate surface area is 167 Å². The molecule has 1 aromatic carbocycles. The van der Waals surface area contributed by atoms with Crippen molar-refractivity contribution in [3.63, 3.8) is 0 Å². The number of rotatable bonds is 4. The van der Waals surface area contributed by atoms with Crippen LogP contribution in [-0.2, 0) is 19.7 Å². The first-order chi connectivity index (χ1) is 13.1. The topological polar surface area (TPSA) is 72.5 Å². The number of Topliss-reactive ketones (excluding diaryl/α,β-unsaturated/α-hetero) is 1. The molecule has 0 spiro atoms. The highest BCUT2D eigenvalue weighted by molar-refractivity contribution is 6.00. The van der Waals surface area contributed by atoms with E-state index < -0.39 is 11.4 Å². The first kappa shape index (κ1) is 20.6. The SMILES string of the molecule is COC(=O)CNC(=O)[C@]1(C)CCC[C@]2(C)c3ccc(C(C)C)cc3C(=O)C[C@@H]12. The van der Waals surface area contributed by atoms with Gasteiger partial charge in [-0.15, -0.1) is 0 Å². The largest absolute Gasteiger partial charge is 0.468 e. The molecule has 1 amide bonds. The van der Waals surface area contributed by atoms with Gasteiger partial charge in [0.2, 0.25) is 5.91 Å². The van der Waals surface area contributed by atoms with Crippen molar-refractivity contribution in [2.75, 3.05) is 13.7 Å². The van der Waals surface area contributed by atoms with Gasteiger partial charge >= 0.3 is 5.97 Å². The van der Waals surface area contributed by atoms with E-state index in [9.17, 15) is 14.4 Å². The molecule has 0 unspecified atom stereocenters. The molecule has 0 aliphatic heterocycles. The highest BCUT2D eigenvalue weighted by atomic mass is 16.5. The number of hydrogen-bond acceptors (Lipinski definition) is 4. The van der Waals surface area contributed by atoms with Crippen LogP contribution < -0.4 is 5.32 Å². The van der Waals surface area contributed by atoms with Crippen molar-refractivity contribution in [2.45, 2.75) is 64.7 Å². The molecule has 0 radical (unpaired) electrons. The van der Waals surface area contributed by atoms with Crippen LogP contribution in [0.2, 0.25) is 0 Å². The number of carbonyl (C=O) groups is 3. The van der Waals surface area contributed by atoms with E-state index in [1.54, 1.807) is 0 Å². The average molecular weight is 386 g/mol. The third-order valence-corrected chi connectivity index (χ3v) is 7.09. The second-order valence-electron chi connectivity index (χ2n) is 9.09. The van der Waals surface area contributed by atoms with Crippen LogP contribution in [0.15, 0.2) is 18.2 Å². The molecule has 0 aromatic heterocycles. The van der Waals surface area contributed by atoms with Crippen molar-refractivity contribution in [3.05, 3.63) is 34.9 Å². The highest BCUT2D eigenvalue weighted by Crippen LogP contribution is 2.57. The van der Waals surface area contributed by atoms with Gasteiger partial charge in [0.15, 0.2) is 5.78 Å². The second-order valence-corrected chi connectivity index (χ2v) is 9.09. The van der Waals surface area contributed by atoms with E-state index in [-0.39, 0.29) is 29.6 Å². The monoisotopic (exact) mass is 385 g/mol. The smallest absolute Gasteiger partial charge is 0.325 e. The van der Waals surface area contributed by atoms with Crippen LogP contribution in [0.1, 0.15) is 80.8 Å². The van der Waals surface area contributed by atoms with Crippen molar-refractivity contribution in [3.8, 4) is 0 Å². The summed E-state index contributed by atoms with van der Waals surface area (Å²) in [5, 5.41) is 2.73. The highest BCUT2D eigenvalue weighted by Gasteiger charge is 2.56. The number of amides is 1. The van der Waals surface area contributed by atoms with Gasteiger partial charge in [-0.1, -0.05) is 46.2 Å². The molecule has 1 fully saturated rings. The van der Waals surface area contributed by atoms with Gasteiger partial charge in [-0.3, -0.25) is 14.4 Å². The number of benzene rings is 1. The summed E-state index contributed by atoms with van der Waals surface area (Å²) < 4.78 is 4.63. The van der Waals surface area contributed by atoms with Crippen LogP contribution >= 0.6 is 0 Å². The van der Waals surface area contributed by atoms with Crippen molar-refractivity contribution in [2.24, 2.45) is 11.3 Å². The van der Waals surface area contributed by atoms with Crippen molar-refractivity contribution < 1.29 is 19.1 Å². The molecule has 5 heteroatoms. The summed E-state index contributed by atoms with van der Waals surface area (Å²) in [6.07, 6.45) is 2.95. The quantitative estimate of drug-likeness (QED) is 0.801. The number of carbonyl (C=O) groups excluding carboxylic acids is 3. The zero-order valence-corrected chi connectivity index (χ0v) is 17.6. The summed E-state index contributed by atoms with van der Waals surface area (Å²) in [6, 6.07) is 6.27. The number of hydrogen-bond donors (Lipinski definition) is 1. The van der Waals surface area contributed by atoms with E-state index in [2.05, 4.69) is 43.0 Å². The molecule has 5 nitrogen and oxygen atoms in total. The summed E-state index contributed by atoms with van der Waals surface area (Å²) in [7, 11) is 1.30. The van der Waals surface area contributed by atoms with Gasteiger partial charge in [-0.05, 0) is 47.3 Å². The van der Waals surface area contributed by atoms with Gasteiger partial charge in [0.25, 0.3) is 0 Å². The fourth-order valence-corrected chi connectivity index (χ4v) is 5.29. The fourth-order valence-electron chi connectivity index (χ4n) is 5.29. The van der Waals surface area contributed by atoms with Gasteiger partial charge in [0.05, 0.1) is 12.5 Å². The van der Waals surface area contributed by atoms with E-state index >= 15 is 0 Å². The fraction of sp³-hybridized carbons (Fsp3) is 0.609. The Bertz CT molecular complexity index is 815. The molecule has 0 saturated heterocycles. The lowest BCUT2D eigenvalue weighted by Gasteiger charge is -2.54. The summed E-state index contributed by atoms with van der Waals surface area (Å²) in [4.78, 5) is 37.6. The molecule has 1 saturated carbocycles. The maximum atomic E-state index is 13.1. The summed E-state index contributed by atoms with van der Waals surface area (Å²) in [5.41, 5.74) is 2.15. The zero-order chi connectivity index (χ0) is 20.7. The predicted octanol–water partition coefficient (Wildman–Crippen LogP) is 3.75. The first-order valence-corrected chi connectivity index (χ1v) is 10.2. The van der Waals surface area contributed by atoms with Gasteiger partial charge in [-0.25, -0.2) is 0 Å². The average Bonchev–Trinajstić information content (AvgIpc) is 2.67. The van der Waals surface area contributed by atoms with E-state index in [0.717, 1.165) is 24.0 Å². The van der Waals surface area contributed by atoms with Crippen LogP contribution in [0.5, 0.6) is 0 Å². The Morgan fingerprint density at radius 3 is 2.61 bits per heavy atom. The standard InChI is InChI=1S/C23H31NO4/c1-14(2)15-7-8-17-16(11-15)18(25)12-19-22(17,3)9-6-10-23(19,4)21(27)24-13-20(26)28-5/h7-8,11,14,19H,6,9-10,12-13H2,1-5H3,(H,24,27)/t19-,22-,23-/m1/s1. The minimum atomic E-state index is -0.689. The van der Waals surface area contributed by atoms with E-state index in [1.807, 2.05) is 13.0 Å². The van der Waals surface area contributed by atoms with E-state index in [0.29, 0.717) is 18.8 Å². The lowest BCUT2D eigenvalue weighted by molar-refractivity contribution is -0.145. The lowest BCUT2D eigenvalue weighted by atomic mass is 9.49. The number of methoxy groups -OCH3 is 1. The molecule has 3 atom stereocenters. The van der Waals surface area contributed by atoms with Crippen LogP contribution in [0.4, 0.5) is 0 Å². The molecule has 1 N–H and O–H groups in total. The summed E-state index contributed by atoms with van der Waals surface area (Å²) >= 11 is 0. The number of ether oxygens (including phenoxy) is 1. The van der Waals surface area contributed by atoms with Crippen molar-refractivity contribution in [1.82, 2.24) is 5.32 Å². The maximum Gasteiger partial charge on any atom is 0.325 e. The molecular weight excluding hydrogens is 354 g/mol. The molecule has 3 rings (SSSR count). The Kier molecular flexibility index (Phi) is 5.39. The molecule has 152 valence electrons. The third-order valence-electron chi connectivity index (χ3n) is 7.09. The Morgan fingerprint density at radius 2 is 1.96 bits per heavy atom. The molecule has 1 aromatic rings. The van der Waals surface area contributed by atoms with E-state index in [1.165, 1.54) is 12.7 Å². The van der Waals surface area contributed by atoms with Crippen molar-refractivity contribution in [1.29, 1.82) is 0 Å². The number of nitrogens with one attached hydrogen (secondary N) is 1. The van der Waals surface area contributed by atoms with Crippen LogP contribution in [-0.4, -0.2) is 31.3 Å². The summed E-state index contributed by atoms with van der Waals surface area (Å²) in [6.45, 7) is 8.26. The molecule has 2 aliphatic rings. The van der Waals surface area contributed by atoms with Gasteiger partial charge in [0, 0.05) is 12.0 Å². The molecule has 0 heterocycles. The zero-order valence-electron chi connectivity index (χ0n) is 17.6. The molecular formula is C23H31NO4. The maximum absolute atomic E-state index is 13.1. The third kappa shape index (κ3) is 3.25. The Morgan fingerprint density at radius 1 is 1.25 bits per heavy atom. The van der Waals surface area contributed by atoms with E-state index in [4.69, 9.17) is 0 Å². The second kappa shape index (κ2) is 7.34. The number of esters is 1. The summed E-state index contributed by atoms with van der Waals surface area (Å²) in [5.74, 6) is -0.236. The minimum Gasteiger partial charge on any atom is -0.468 e. The first-order valence-electron chi connectivity index (χ1n) is 10.2. The molecule has 28 heavy (non-hydrogen) atoms. The molecule has 2 aliphatic carbocycles. The number of ketones is 1. The Balaban J connectivity index is 1.98. The lowest BCUT2D eigenvalue weighted by Crippen LogP contribution is -2.56. The normalized spacial score (nSPS) is 29.1. The van der Waals surface area contributed by atoms with Gasteiger partial charge < -0.3 is 10.1 Å². The van der Waals surface area contributed by atoms with Crippen LogP contribution in [0, 0.1) is 11.3 Å². The predicted molar refractivity (Wildman–Crippen MR) is 107 cm³/mol.